The fraction of sp³-hybridized carbons (Fsp3) is 0.400. The van der Waals surface area contributed by atoms with Crippen molar-refractivity contribution < 1.29 is 19.1 Å². The fourth-order valence-corrected chi connectivity index (χ4v) is 4.28. The predicted octanol–water partition coefficient (Wildman–Crippen LogP) is 4.13. The van der Waals surface area contributed by atoms with Crippen molar-refractivity contribution in [2.45, 2.75) is 46.1 Å². The van der Waals surface area contributed by atoms with Crippen LogP contribution >= 0.6 is 11.3 Å². The molecule has 0 aliphatic heterocycles. The molecule has 1 aromatic carbocycles. The lowest BCUT2D eigenvalue weighted by Gasteiger charge is -2.15. The number of carbonyl (C=O) groups excluding carboxylic acids is 2. The monoisotopic (exact) mass is 373 g/mol. The van der Waals surface area contributed by atoms with Gasteiger partial charge in [0.05, 0.1) is 12.2 Å². The number of benzene rings is 1. The van der Waals surface area contributed by atoms with Crippen LogP contribution in [-0.4, -0.2) is 24.6 Å². The summed E-state index contributed by atoms with van der Waals surface area (Å²) in [4.78, 5) is 26.1. The van der Waals surface area contributed by atoms with E-state index >= 15 is 0 Å². The SMILES string of the molecule is CCOC(=O)c1c(NC(=O)C(C)Oc2ccc(C)cc2)sc2c1CCC2. The van der Waals surface area contributed by atoms with Crippen LogP contribution in [0.5, 0.6) is 5.75 Å². The normalized spacial score (nSPS) is 13.8. The van der Waals surface area contributed by atoms with Gasteiger partial charge in [0, 0.05) is 4.88 Å². The Kier molecular flexibility index (Phi) is 5.61. The number of ether oxygens (including phenoxy) is 2. The summed E-state index contributed by atoms with van der Waals surface area (Å²) in [6.07, 6.45) is 2.15. The summed E-state index contributed by atoms with van der Waals surface area (Å²) in [5.74, 6) is -0.0112. The van der Waals surface area contributed by atoms with E-state index in [4.69, 9.17) is 9.47 Å². The van der Waals surface area contributed by atoms with E-state index in [1.807, 2.05) is 31.2 Å². The second kappa shape index (κ2) is 7.91. The number of anilines is 1. The van der Waals surface area contributed by atoms with Crippen molar-refractivity contribution in [3.05, 3.63) is 45.8 Å². The van der Waals surface area contributed by atoms with Gasteiger partial charge in [0.1, 0.15) is 10.8 Å². The first-order valence-corrected chi connectivity index (χ1v) is 9.67. The Morgan fingerprint density at radius 3 is 2.65 bits per heavy atom. The molecule has 138 valence electrons. The molecule has 1 atom stereocenters. The third kappa shape index (κ3) is 3.90. The van der Waals surface area contributed by atoms with Crippen molar-refractivity contribution in [3.8, 4) is 5.75 Å². The van der Waals surface area contributed by atoms with Crippen LogP contribution in [0, 0.1) is 6.92 Å². The third-order valence-electron chi connectivity index (χ3n) is 4.34. The Hall–Kier alpha value is -2.34. The van der Waals surface area contributed by atoms with Crippen LogP contribution < -0.4 is 10.1 Å². The minimum absolute atomic E-state index is 0.281. The van der Waals surface area contributed by atoms with Crippen LogP contribution in [0.25, 0.3) is 0 Å². The van der Waals surface area contributed by atoms with Crippen LogP contribution in [0.4, 0.5) is 5.00 Å². The Labute approximate surface area is 157 Å². The van der Waals surface area contributed by atoms with Gasteiger partial charge in [-0.2, -0.15) is 0 Å². The van der Waals surface area contributed by atoms with Crippen molar-refractivity contribution in [2.24, 2.45) is 0 Å². The van der Waals surface area contributed by atoms with Crippen molar-refractivity contribution in [1.29, 1.82) is 0 Å². The van der Waals surface area contributed by atoms with Crippen molar-refractivity contribution in [3.63, 3.8) is 0 Å². The highest BCUT2D eigenvalue weighted by atomic mass is 32.1. The quantitative estimate of drug-likeness (QED) is 0.774. The molecular weight excluding hydrogens is 350 g/mol. The van der Waals surface area contributed by atoms with Crippen LogP contribution in [0.15, 0.2) is 24.3 Å². The highest BCUT2D eigenvalue weighted by molar-refractivity contribution is 7.17. The molecule has 0 spiro atoms. The van der Waals surface area contributed by atoms with Crippen LogP contribution in [0.1, 0.15) is 46.6 Å². The van der Waals surface area contributed by atoms with E-state index in [1.54, 1.807) is 13.8 Å². The van der Waals surface area contributed by atoms with Gasteiger partial charge in [-0.25, -0.2) is 4.79 Å². The van der Waals surface area contributed by atoms with Crippen molar-refractivity contribution in [2.75, 3.05) is 11.9 Å². The molecule has 6 heteroatoms. The topological polar surface area (TPSA) is 64.6 Å². The van der Waals surface area contributed by atoms with E-state index in [9.17, 15) is 9.59 Å². The van der Waals surface area contributed by atoms with Crippen molar-refractivity contribution >= 4 is 28.2 Å². The number of carbonyl (C=O) groups is 2. The zero-order valence-electron chi connectivity index (χ0n) is 15.3. The molecule has 3 rings (SSSR count). The maximum absolute atomic E-state index is 12.6. The summed E-state index contributed by atoms with van der Waals surface area (Å²) in [5, 5.41) is 3.43. The molecule has 1 heterocycles. The van der Waals surface area contributed by atoms with Crippen LogP contribution in [0.2, 0.25) is 0 Å². The molecule has 1 aromatic heterocycles. The molecule has 2 aromatic rings. The lowest BCUT2D eigenvalue weighted by molar-refractivity contribution is -0.122. The maximum Gasteiger partial charge on any atom is 0.341 e. The van der Waals surface area contributed by atoms with E-state index < -0.39 is 6.10 Å². The lowest BCUT2D eigenvalue weighted by atomic mass is 10.1. The number of esters is 1. The van der Waals surface area contributed by atoms with Crippen LogP contribution in [-0.2, 0) is 22.4 Å². The van der Waals surface area contributed by atoms with Gasteiger partial charge in [-0.15, -0.1) is 11.3 Å². The summed E-state index contributed by atoms with van der Waals surface area (Å²) in [6, 6.07) is 7.54. The van der Waals surface area contributed by atoms with Gasteiger partial charge in [-0.3, -0.25) is 4.79 Å². The minimum atomic E-state index is -0.676. The first kappa shape index (κ1) is 18.5. The smallest absolute Gasteiger partial charge is 0.341 e. The Morgan fingerprint density at radius 2 is 1.96 bits per heavy atom. The lowest BCUT2D eigenvalue weighted by Crippen LogP contribution is -2.30. The summed E-state index contributed by atoms with van der Waals surface area (Å²) in [6.45, 7) is 5.78. The third-order valence-corrected chi connectivity index (χ3v) is 5.55. The summed E-state index contributed by atoms with van der Waals surface area (Å²) in [7, 11) is 0. The van der Waals surface area contributed by atoms with Gasteiger partial charge in [0.15, 0.2) is 6.10 Å². The zero-order chi connectivity index (χ0) is 18.7. The number of amides is 1. The molecule has 1 aliphatic carbocycles. The number of hydrogen-bond donors (Lipinski definition) is 1. The van der Waals surface area contributed by atoms with Gasteiger partial charge < -0.3 is 14.8 Å². The standard InChI is InChI=1S/C20H23NO4S/c1-4-24-20(23)17-15-6-5-7-16(15)26-19(17)21-18(22)13(3)25-14-10-8-12(2)9-11-14/h8-11,13H,4-7H2,1-3H3,(H,21,22). The van der Waals surface area contributed by atoms with Crippen LogP contribution in [0.3, 0.4) is 0 Å². The number of aryl methyl sites for hydroxylation is 2. The van der Waals surface area contributed by atoms with Gasteiger partial charge in [0.25, 0.3) is 5.91 Å². The largest absolute Gasteiger partial charge is 0.481 e. The highest BCUT2D eigenvalue weighted by Gasteiger charge is 2.29. The predicted molar refractivity (Wildman–Crippen MR) is 102 cm³/mol. The number of hydrogen-bond acceptors (Lipinski definition) is 5. The summed E-state index contributed by atoms with van der Waals surface area (Å²) >= 11 is 1.47. The average Bonchev–Trinajstić information content (AvgIpc) is 3.17. The molecule has 1 unspecified atom stereocenters. The maximum atomic E-state index is 12.6. The molecule has 1 aliphatic rings. The molecule has 0 radical (unpaired) electrons. The van der Waals surface area contributed by atoms with Crippen molar-refractivity contribution in [1.82, 2.24) is 0 Å². The molecule has 5 nitrogen and oxygen atoms in total. The Bertz CT molecular complexity index is 810. The van der Waals surface area contributed by atoms with Gasteiger partial charge >= 0.3 is 5.97 Å². The molecular formula is C20H23NO4S. The van der Waals surface area contributed by atoms with Gasteiger partial charge in [-0.05, 0) is 57.7 Å². The summed E-state index contributed by atoms with van der Waals surface area (Å²) in [5.41, 5.74) is 2.66. The number of rotatable bonds is 6. The second-order valence-electron chi connectivity index (χ2n) is 6.34. The number of fused-ring (bicyclic) bond motifs is 1. The fourth-order valence-electron chi connectivity index (χ4n) is 3.00. The first-order valence-electron chi connectivity index (χ1n) is 8.85. The molecule has 1 N–H and O–H groups in total. The number of nitrogens with one attached hydrogen (secondary N) is 1. The van der Waals surface area contributed by atoms with E-state index in [1.165, 1.54) is 11.3 Å². The van der Waals surface area contributed by atoms with E-state index in [0.717, 1.165) is 35.3 Å². The molecule has 26 heavy (non-hydrogen) atoms. The molecule has 0 bridgehead atoms. The van der Waals surface area contributed by atoms with Gasteiger partial charge in [0.2, 0.25) is 0 Å². The second-order valence-corrected chi connectivity index (χ2v) is 7.45. The average molecular weight is 373 g/mol. The molecule has 0 saturated heterocycles. The first-order chi connectivity index (χ1) is 12.5. The Morgan fingerprint density at radius 1 is 1.23 bits per heavy atom. The molecule has 0 fully saturated rings. The van der Waals surface area contributed by atoms with E-state index in [2.05, 4.69) is 5.32 Å². The van der Waals surface area contributed by atoms with Gasteiger partial charge in [-0.1, -0.05) is 17.7 Å². The van der Waals surface area contributed by atoms with E-state index in [-0.39, 0.29) is 11.9 Å². The summed E-state index contributed by atoms with van der Waals surface area (Å²) < 4.78 is 10.9. The highest BCUT2D eigenvalue weighted by Crippen LogP contribution is 2.39. The Balaban J connectivity index is 1.74. The molecule has 1 amide bonds. The molecule has 0 saturated carbocycles. The zero-order valence-corrected chi connectivity index (χ0v) is 16.1. The number of thiophene rings is 1. The minimum Gasteiger partial charge on any atom is -0.481 e. The van der Waals surface area contributed by atoms with E-state index in [0.29, 0.717) is 22.9 Å².